The largest absolute Gasteiger partial charge is 0.485 e. The number of halogens is 1. The van der Waals surface area contributed by atoms with Crippen LogP contribution in [0.5, 0.6) is 5.75 Å². The summed E-state index contributed by atoms with van der Waals surface area (Å²) in [5, 5.41) is 22.5. The number of benzene rings is 2. The van der Waals surface area contributed by atoms with Crippen molar-refractivity contribution >= 4 is 5.91 Å². The summed E-state index contributed by atoms with van der Waals surface area (Å²) in [4.78, 5) is 12.5. The van der Waals surface area contributed by atoms with Crippen LogP contribution >= 0.6 is 0 Å². The van der Waals surface area contributed by atoms with Gasteiger partial charge in [-0.1, -0.05) is 6.07 Å². The van der Waals surface area contributed by atoms with Crippen LogP contribution in [0.2, 0.25) is 0 Å². The van der Waals surface area contributed by atoms with Crippen molar-refractivity contribution in [2.24, 2.45) is 0 Å². The van der Waals surface area contributed by atoms with Crippen LogP contribution < -0.4 is 10.1 Å². The lowest BCUT2D eigenvalue weighted by Crippen LogP contribution is -2.53. The molecule has 0 saturated heterocycles. The van der Waals surface area contributed by atoms with E-state index < -0.39 is 29.5 Å². The molecule has 1 unspecified atom stereocenters. The number of hydrogen-bond donors (Lipinski definition) is 2. The summed E-state index contributed by atoms with van der Waals surface area (Å²) in [6.45, 7) is 3.42. The minimum absolute atomic E-state index is 0.148. The van der Waals surface area contributed by atoms with E-state index in [-0.39, 0.29) is 5.56 Å². The number of carbonyl (C=O) groups excluding carboxylic acids is 1. The second-order valence-electron chi connectivity index (χ2n) is 6.48. The molecule has 0 aliphatic carbocycles. The summed E-state index contributed by atoms with van der Waals surface area (Å²) in [6, 6.07) is 11.4. The van der Waals surface area contributed by atoms with E-state index in [0.29, 0.717) is 16.9 Å². The maximum Gasteiger partial charge on any atom is 0.251 e. The number of amides is 1. The number of hydrogen-bond acceptors (Lipinski definition) is 4. The first-order valence-electron chi connectivity index (χ1n) is 7.79. The van der Waals surface area contributed by atoms with Gasteiger partial charge in [0.05, 0.1) is 17.7 Å². The number of aliphatic hydroxyl groups excluding tert-OH is 1. The number of rotatable bonds is 2. The van der Waals surface area contributed by atoms with E-state index >= 15 is 0 Å². The number of carbonyl (C=O) groups is 1. The number of fused-ring (bicyclic) bond motifs is 1. The zero-order valence-electron chi connectivity index (χ0n) is 13.8. The van der Waals surface area contributed by atoms with E-state index in [0.717, 1.165) is 6.07 Å². The minimum Gasteiger partial charge on any atom is -0.485 e. The Balaban J connectivity index is 1.99. The monoisotopic (exact) mass is 340 g/mol. The van der Waals surface area contributed by atoms with Gasteiger partial charge in [-0.3, -0.25) is 4.79 Å². The lowest BCUT2D eigenvalue weighted by atomic mass is 9.85. The highest BCUT2D eigenvalue weighted by atomic mass is 19.1. The fraction of sp³-hybridized carbons (Fsp3) is 0.263. The Hall–Kier alpha value is -2.91. The molecule has 6 heteroatoms. The van der Waals surface area contributed by atoms with Gasteiger partial charge in [0.2, 0.25) is 0 Å². The number of ether oxygens (including phenoxy) is 1. The highest BCUT2D eigenvalue weighted by Crippen LogP contribution is 2.40. The summed E-state index contributed by atoms with van der Waals surface area (Å²) in [5.41, 5.74) is 0.102. The summed E-state index contributed by atoms with van der Waals surface area (Å²) in [6.07, 6.45) is -1.05. The Morgan fingerprint density at radius 2 is 2.08 bits per heavy atom. The first-order chi connectivity index (χ1) is 11.8. The molecule has 1 heterocycles. The van der Waals surface area contributed by atoms with Gasteiger partial charge in [0.1, 0.15) is 23.3 Å². The van der Waals surface area contributed by atoms with Crippen LogP contribution in [-0.2, 0) is 0 Å². The van der Waals surface area contributed by atoms with Gasteiger partial charge in [-0.25, -0.2) is 4.39 Å². The Morgan fingerprint density at radius 1 is 1.32 bits per heavy atom. The predicted molar refractivity (Wildman–Crippen MR) is 88.5 cm³/mol. The molecular formula is C19H17FN2O3. The fourth-order valence-electron chi connectivity index (χ4n) is 2.88. The van der Waals surface area contributed by atoms with Gasteiger partial charge in [-0.05, 0) is 50.2 Å². The van der Waals surface area contributed by atoms with Crippen LogP contribution in [0, 0.1) is 17.1 Å². The van der Waals surface area contributed by atoms with Gasteiger partial charge >= 0.3 is 0 Å². The predicted octanol–water partition coefficient (Wildman–Crippen LogP) is 2.70. The van der Waals surface area contributed by atoms with Crippen molar-refractivity contribution in [2.75, 3.05) is 0 Å². The molecule has 0 fully saturated rings. The zero-order chi connectivity index (χ0) is 18.2. The Bertz CT molecular complexity index is 873. The minimum atomic E-state index is -1.05. The van der Waals surface area contributed by atoms with Crippen molar-refractivity contribution in [2.45, 2.75) is 31.6 Å². The van der Waals surface area contributed by atoms with E-state index in [4.69, 9.17) is 10.00 Å². The summed E-state index contributed by atoms with van der Waals surface area (Å²) >= 11 is 0. The molecule has 2 N–H and O–H groups in total. The standard InChI is InChI=1S/C19H17FN2O3/c1-19(2)17(23)16(14-8-11(10-21)6-7-15(14)25-19)22-18(24)12-4-3-5-13(20)9-12/h3-9,16-17,23H,1-2H3,(H,22,24)/t16?,17-/m0/s1. The first kappa shape index (κ1) is 16.9. The maximum absolute atomic E-state index is 13.4. The molecule has 0 radical (unpaired) electrons. The van der Waals surface area contributed by atoms with Crippen LogP contribution in [0.1, 0.15) is 41.4 Å². The highest BCUT2D eigenvalue weighted by Gasteiger charge is 2.43. The quantitative estimate of drug-likeness (QED) is 0.881. The maximum atomic E-state index is 13.4. The number of nitrogens with one attached hydrogen (secondary N) is 1. The molecule has 25 heavy (non-hydrogen) atoms. The van der Waals surface area contributed by atoms with Gasteiger partial charge in [-0.15, -0.1) is 0 Å². The summed E-state index contributed by atoms with van der Waals surface area (Å²) in [7, 11) is 0. The first-order valence-corrected chi connectivity index (χ1v) is 7.79. The van der Waals surface area contributed by atoms with Gasteiger partial charge < -0.3 is 15.2 Å². The van der Waals surface area contributed by atoms with E-state index in [1.807, 2.05) is 6.07 Å². The number of nitriles is 1. The van der Waals surface area contributed by atoms with Crippen LogP contribution in [0.15, 0.2) is 42.5 Å². The Kier molecular flexibility index (Phi) is 4.19. The van der Waals surface area contributed by atoms with Crippen molar-refractivity contribution in [3.8, 4) is 11.8 Å². The third-order valence-electron chi connectivity index (χ3n) is 4.25. The molecule has 128 valence electrons. The van der Waals surface area contributed by atoms with Gasteiger partial charge in [0.15, 0.2) is 0 Å². The van der Waals surface area contributed by atoms with Crippen molar-refractivity contribution in [1.82, 2.24) is 5.32 Å². The third kappa shape index (κ3) is 3.19. The van der Waals surface area contributed by atoms with Gasteiger partial charge in [-0.2, -0.15) is 5.26 Å². The van der Waals surface area contributed by atoms with Crippen LogP contribution in [0.3, 0.4) is 0 Å². The van der Waals surface area contributed by atoms with E-state index in [1.165, 1.54) is 18.2 Å². The average molecular weight is 340 g/mol. The fourth-order valence-corrected chi connectivity index (χ4v) is 2.88. The number of nitrogens with zero attached hydrogens (tertiary/aromatic N) is 1. The average Bonchev–Trinajstić information content (AvgIpc) is 2.58. The van der Waals surface area contributed by atoms with Crippen molar-refractivity contribution in [3.63, 3.8) is 0 Å². The lowest BCUT2D eigenvalue weighted by Gasteiger charge is -2.42. The normalized spacial score (nSPS) is 20.8. The topological polar surface area (TPSA) is 82.3 Å². The molecule has 2 atom stereocenters. The van der Waals surface area contributed by atoms with Crippen LogP contribution in [0.25, 0.3) is 0 Å². The third-order valence-corrected chi connectivity index (χ3v) is 4.25. The SMILES string of the molecule is CC1(C)Oc2ccc(C#N)cc2C(NC(=O)c2cccc(F)c2)[C@@H]1O. The second kappa shape index (κ2) is 6.19. The molecule has 1 amide bonds. The molecule has 2 aromatic carbocycles. The van der Waals surface area contributed by atoms with Crippen molar-refractivity contribution < 1.29 is 19.0 Å². The molecule has 0 spiro atoms. The van der Waals surface area contributed by atoms with Gasteiger partial charge in [0, 0.05) is 11.1 Å². The second-order valence-corrected chi connectivity index (χ2v) is 6.48. The van der Waals surface area contributed by atoms with Crippen LogP contribution in [-0.4, -0.2) is 22.7 Å². The molecule has 5 nitrogen and oxygen atoms in total. The van der Waals surface area contributed by atoms with E-state index in [1.54, 1.807) is 32.0 Å². The lowest BCUT2D eigenvalue weighted by molar-refractivity contribution is -0.0627. The zero-order valence-corrected chi connectivity index (χ0v) is 13.8. The molecule has 0 saturated carbocycles. The van der Waals surface area contributed by atoms with Gasteiger partial charge in [0.25, 0.3) is 5.91 Å². The Labute approximate surface area is 144 Å². The molecule has 0 bridgehead atoms. The van der Waals surface area contributed by atoms with Crippen LogP contribution in [0.4, 0.5) is 4.39 Å². The smallest absolute Gasteiger partial charge is 0.251 e. The molecule has 1 aliphatic heterocycles. The van der Waals surface area contributed by atoms with Crippen molar-refractivity contribution in [1.29, 1.82) is 5.26 Å². The molecular weight excluding hydrogens is 323 g/mol. The van der Waals surface area contributed by atoms with Crippen molar-refractivity contribution in [3.05, 3.63) is 65.0 Å². The molecule has 0 aromatic heterocycles. The van der Waals surface area contributed by atoms with E-state index in [2.05, 4.69) is 5.32 Å². The highest BCUT2D eigenvalue weighted by molar-refractivity contribution is 5.94. The molecule has 1 aliphatic rings. The van der Waals surface area contributed by atoms with E-state index in [9.17, 15) is 14.3 Å². The molecule has 2 aromatic rings. The Morgan fingerprint density at radius 3 is 2.76 bits per heavy atom. The summed E-state index contributed by atoms with van der Waals surface area (Å²) in [5.74, 6) is -0.555. The number of aliphatic hydroxyl groups is 1. The summed E-state index contributed by atoms with van der Waals surface area (Å²) < 4.78 is 19.2. The molecule has 3 rings (SSSR count).